The molecule has 0 atom stereocenters. The van der Waals surface area contributed by atoms with Crippen molar-refractivity contribution < 1.29 is 8.42 Å². The maximum atomic E-state index is 11.8. The summed E-state index contributed by atoms with van der Waals surface area (Å²) < 4.78 is 25.0. The average Bonchev–Trinajstić information content (AvgIpc) is 2.15. The number of sulfonamides is 1. The Morgan fingerprint density at radius 1 is 1.40 bits per heavy atom. The molecule has 0 spiro atoms. The molecule has 1 heterocycles. The molecule has 3 nitrogen and oxygen atoms in total. The molecule has 15 heavy (non-hydrogen) atoms. The summed E-state index contributed by atoms with van der Waals surface area (Å²) in [5.41, 5.74) is 1.88. The normalized spacial score (nSPS) is 19.9. The van der Waals surface area contributed by atoms with Gasteiger partial charge in [-0.1, -0.05) is 24.6 Å². The first-order valence-electron chi connectivity index (χ1n) is 4.78. The molecule has 0 N–H and O–H groups in total. The Labute approximate surface area is 94.7 Å². The van der Waals surface area contributed by atoms with E-state index in [9.17, 15) is 8.42 Å². The van der Waals surface area contributed by atoms with Crippen molar-refractivity contribution in [3.63, 3.8) is 0 Å². The van der Waals surface area contributed by atoms with Gasteiger partial charge in [0.1, 0.15) is 0 Å². The number of fused-ring (bicyclic) bond motifs is 1. The Balaban J connectivity index is 2.47. The number of benzene rings is 1. The van der Waals surface area contributed by atoms with Gasteiger partial charge < -0.3 is 0 Å². The highest BCUT2D eigenvalue weighted by Crippen LogP contribution is 2.26. The van der Waals surface area contributed by atoms with Crippen LogP contribution in [-0.4, -0.2) is 19.3 Å². The SMILES string of the molecule is CCN1Cc2ccc(Cl)cc2CS1(=O)=O. The summed E-state index contributed by atoms with van der Waals surface area (Å²) >= 11 is 5.83. The van der Waals surface area contributed by atoms with Crippen LogP contribution >= 0.6 is 11.6 Å². The number of hydrogen-bond donors (Lipinski definition) is 0. The molecule has 0 unspecified atom stereocenters. The molecule has 1 aromatic carbocycles. The molecule has 0 radical (unpaired) electrons. The van der Waals surface area contributed by atoms with Crippen molar-refractivity contribution in [2.75, 3.05) is 6.54 Å². The van der Waals surface area contributed by atoms with Crippen LogP contribution < -0.4 is 0 Å². The van der Waals surface area contributed by atoms with E-state index in [-0.39, 0.29) is 5.75 Å². The standard InChI is InChI=1S/C10H12ClNO2S/c1-2-12-6-8-3-4-10(11)5-9(8)7-15(12,13)14/h3-5H,2,6-7H2,1H3. The molecule has 0 bridgehead atoms. The lowest BCUT2D eigenvalue weighted by Gasteiger charge is -2.27. The Hall–Kier alpha value is -0.580. The van der Waals surface area contributed by atoms with E-state index in [0.717, 1.165) is 11.1 Å². The second kappa shape index (κ2) is 3.77. The van der Waals surface area contributed by atoms with Gasteiger partial charge in [0.25, 0.3) is 0 Å². The summed E-state index contributed by atoms with van der Waals surface area (Å²) in [4.78, 5) is 0. The monoisotopic (exact) mass is 245 g/mol. The Kier molecular flexibility index (Phi) is 2.75. The lowest BCUT2D eigenvalue weighted by atomic mass is 10.1. The van der Waals surface area contributed by atoms with Crippen molar-refractivity contribution in [2.24, 2.45) is 0 Å². The zero-order valence-corrected chi connectivity index (χ0v) is 9.98. The largest absolute Gasteiger partial charge is 0.218 e. The minimum atomic E-state index is -3.13. The van der Waals surface area contributed by atoms with Crippen LogP contribution in [0.25, 0.3) is 0 Å². The molecule has 0 saturated heterocycles. The van der Waals surface area contributed by atoms with Crippen molar-refractivity contribution in [1.82, 2.24) is 4.31 Å². The maximum Gasteiger partial charge on any atom is 0.218 e. The summed E-state index contributed by atoms with van der Waals surface area (Å²) in [7, 11) is -3.13. The van der Waals surface area contributed by atoms with Crippen molar-refractivity contribution in [1.29, 1.82) is 0 Å². The van der Waals surface area contributed by atoms with Gasteiger partial charge >= 0.3 is 0 Å². The van der Waals surface area contributed by atoms with Crippen molar-refractivity contribution in [3.05, 3.63) is 34.3 Å². The molecule has 1 aromatic rings. The van der Waals surface area contributed by atoms with Gasteiger partial charge in [-0.2, -0.15) is 4.31 Å². The predicted molar refractivity (Wildman–Crippen MR) is 60.2 cm³/mol. The van der Waals surface area contributed by atoms with Gasteiger partial charge in [0.15, 0.2) is 0 Å². The van der Waals surface area contributed by atoms with E-state index in [1.54, 1.807) is 12.1 Å². The van der Waals surface area contributed by atoms with Gasteiger partial charge in [-0.25, -0.2) is 8.42 Å². The topological polar surface area (TPSA) is 37.4 Å². The highest BCUT2D eigenvalue weighted by atomic mass is 35.5. The first-order chi connectivity index (χ1) is 7.03. The van der Waals surface area contributed by atoms with Crippen molar-refractivity contribution in [2.45, 2.75) is 19.2 Å². The van der Waals surface area contributed by atoms with E-state index in [0.29, 0.717) is 18.1 Å². The smallest absolute Gasteiger partial charge is 0.212 e. The average molecular weight is 246 g/mol. The molecule has 5 heteroatoms. The number of halogens is 1. The maximum absolute atomic E-state index is 11.8. The molecule has 0 aromatic heterocycles. The van der Waals surface area contributed by atoms with E-state index < -0.39 is 10.0 Å². The van der Waals surface area contributed by atoms with Crippen molar-refractivity contribution in [3.8, 4) is 0 Å². The molecular weight excluding hydrogens is 234 g/mol. The molecule has 0 aliphatic carbocycles. The fourth-order valence-corrected chi connectivity index (χ4v) is 3.54. The first kappa shape index (κ1) is 10.9. The molecule has 82 valence electrons. The van der Waals surface area contributed by atoms with E-state index in [2.05, 4.69) is 0 Å². The quantitative estimate of drug-likeness (QED) is 0.759. The Bertz CT molecular complexity index is 484. The van der Waals surface area contributed by atoms with Gasteiger partial charge in [0.05, 0.1) is 5.75 Å². The van der Waals surface area contributed by atoms with E-state index in [1.807, 2.05) is 13.0 Å². The minimum Gasteiger partial charge on any atom is -0.212 e. The van der Waals surface area contributed by atoms with Gasteiger partial charge in [0, 0.05) is 18.1 Å². The van der Waals surface area contributed by atoms with Crippen LogP contribution in [0.5, 0.6) is 0 Å². The first-order valence-corrected chi connectivity index (χ1v) is 6.77. The molecule has 0 amide bonds. The van der Waals surface area contributed by atoms with Gasteiger partial charge in [-0.3, -0.25) is 0 Å². The fourth-order valence-electron chi connectivity index (χ4n) is 1.77. The van der Waals surface area contributed by atoms with Crippen LogP contribution in [0.1, 0.15) is 18.1 Å². The summed E-state index contributed by atoms with van der Waals surface area (Å²) in [5.74, 6) is 0.0662. The molecule has 1 aliphatic heterocycles. The third-order valence-electron chi connectivity index (χ3n) is 2.60. The third kappa shape index (κ3) is 2.02. The molecule has 0 saturated carbocycles. The molecule has 0 fully saturated rings. The van der Waals surface area contributed by atoms with E-state index >= 15 is 0 Å². The summed E-state index contributed by atoms with van der Waals surface area (Å²) in [6.45, 7) is 2.83. The van der Waals surface area contributed by atoms with E-state index in [1.165, 1.54) is 4.31 Å². The Morgan fingerprint density at radius 2 is 2.13 bits per heavy atom. The number of nitrogens with zero attached hydrogens (tertiary/aromatic N) is 1. The third-order valence-corrected chi connectivity index (χ3v) is 4.68. The molecule has 1 aliphatic rings. The summed E-state index contributed by atoms with van der Waals surface area (Å²) in [6, 6.07) is 5.43. The van der Waals surface area contributed by atoms with Crippen LogP contribution in [-0.2, 0) is 22.3 Å². The number of rotatable bonds is 1. The summed E-state index contributed by atoms with van der Waals surface area (Å²) in [5, 5.41) is 0.592. The van der Waals surface area contributed by atoms with Crippen LogP contribution in [0.3, 0.4) is 0 Å². The molecular formula is C10H12ClNO2S. The lowest BCUT2D eigenvalue weighted by molar-refractivity contribution is 0.413. The summed E-state index contributed by atoms with van der Waals surface area (Å²) in [6.07, 6.45) is 0. The van der Waals surface area contributed by atoms with Crippen LogP contribution in [0.15, 0.2) is 18.2 Å². The highest BCUT2D eigenvalue weighted by Gasteiger charge is 2.28. The van der Waals surface area contributed by atoms with Crippen LogP contribution in [0.4, 0.5) is 0 Å². The zero-order valence-electron chi connectivity index (χ0n) is 8.40. The van der Waals surface area contributed by atoms with Crippen LogP contribution in [0.2, 0.25) is 5.02 Å². The van der Waals surface area contributed by atoms with Crippen molar-refractivity contribution >= 4 is 21.6 Å². The lowest BCUT2D eigenvalue weighted by Crippen LogP contribution is -2.35. The fraction of sp³-hybridized carbons (Fsp3) is 0.400. The van der Waals surface area contributed by atoms with Crippen LogP contribution in [0, 0.1) is 0 Å². The minimum absolute atomic E-state index is 0.0662. The number of hydrogen-bond acceptors (Lipinski definition) is 2. The molecule has 2 rings (SSSR count). The second-order valence-corrected chi connectivity index (χ2v) is 6.00. The Morgan fingerprint density at radius 3 is 2.80 bits per heavy atom. The van der Waals surface area contributed by atoms with Gasteiger partial charge in [-0.15, -0.1) is 0 Å². The van der Waals surface area contributed by atoms with Gasteiger partial charge in [0.2, 0.25) is 10.0 Å². The second-order valence-electron chi connectivity index (χ2n) is 3.60. The highest BCUT2D eigenvalue weighted by molar-refractivity contribution is 7.88. The van der Waals surface area contributed by atoms with Gasteiger partial charge in [-0.05, 0) is 23.3 Å². The van der Waals surface area contributed by atoms with E-state index in [4.69, 9.17) is 11.6 Å². The predicted octanol–water partition coefficient (Wildman–Crippen LogP) is 2.01. The zero-order chi connectivity index (χ0) is 11.1.